The number of carbonyl (C=O) groups is 1. The van der Waals surface area contributed by atoms with Gasteiger partial charge in [-0.15, -0.1) is 0 Å². The molecule has 0 atom stereocenters. The minimum absolute atomic E-state index is 0.107. The third kappa shape index (κ3) is 3.46. The minimum atomic E-state index is -0.806. The molecule has 3 nitrogen and oxygen atoms in total. The highest BCUT2D eigenvalue weighted by atomic mass is 16.5. The van der Waals surface area contributed by atoms with Crippen LogP contribution in [-0.4, -0.2) is 18.2 Å². The van der Waals surface area contributed by atoms with Gasteiger partial charge in [-0.1, -0.05) is 18.7 Å². The van der Waals surface area contributed by atoms with Crippen LogP contribution in [0.4, 0.5) is 0 Å². The third-order valence-corrected chi connectivity index (χ3v) is 2.12. The smallest absolute Gasteiger partial charge is 0.303 e. The zero-order valence-corrected chi connectivity index (χ0v) is 8.69. The van der Waals surface area contributed by atoms with Crippen LogP contribution < -0.4 is 4.74 Å². The maximum absolute atomic E-state index is 10.4. The van der Waals surface area contributed by atoms with Gasteiger partial charge >= 0.3 is 5.97 Å². The first kappa shape index (κ1) is 11.3. The Morgan fingerprint density at radius 1 is 1.47 bits per heavy atom. The first-order chi connectivity index (χ1) is 7.13. The lowest BCUT2D eigenvalue weighted by Gasteiger charge is -2.06. The molecule has 0 heterocycles. The molecular weight excluding hydrogens is 192 g/mol. The Balaban J connectivity index is 2.69. The largest absolute Gasteiger partial charge is 0.497 e. The Morgan fingerprint density at radius 3 is 2.80 bits per heavy atom. The van der Waals surface area contributed by atoms with Crippen molar-refractivity contribution in [3.8, 4) is 5.75 Å². The highest BCUT2D eigenvalue weighted by Crippen LogP contribution is 2.21. The number of ether oxygens (including phenoxy) is 1. The van der Waals surface area contributed by atoms with Gasteiger partial charge in [-0.2, -0.15) is 0 Å². The van der Waals surface area contributed by atoms with Gasteiger partial charge in [0.2, 0.25) is 0 Å². The fraction of sp³-hybridized carbons (Fsp3) is 0.250. The Kier molecular flexibility index (Phi) is 3.92. The van der Waals surface area contributed by atoms with Gasteiger partial charge in [0, 0.05) is 6.42 Å². The van der Waals surface area contributed by atoms with Gasteiger partial charge in [0.1, 0.15) is 5.75 Å². The summed E-state index contributed by atoms with van der Waals surface area (Å²) in [6.45, 7) is 3.85. The highest BCUT2D eigenvalue weighted by Gasteiger charge is 2.03. The fourth-order valence-electron chi connectivity index (χ4n) is 1.25. The molecule has 3 heteroatoms. The van der Waals surface area contributed by atoms with Crippen molar-refractivity contribution in [2.24, 2.45) is 0 Å². The molecule has 0 aromatic heterocycles. The van der Waals surface area contributed by atoms with Crippen LogP contribution in [0.3, 0.4) is 0 Å². The van der Waals surface area contributed by atoms with Gasteiger partial charge < -0.3 is 9.84 Å². The van der Waals surface area contributed by atoms with Crippen LogP contribution in [0.1, 0.15) is 18.4 Å². The van der Waals surface area contributed by atoms with Crippen molar-refractivity contribution in [1.82, 2.24) is 0 Å². The molecule has 0 bridgehead atoms. The summed E-state index contributed by atoms with van der Waals surface area (Å²) >= 11 is 0. The summed E-state index contributed by atoms with van der Waals surface area (Å²) in [7, 11) is 1.60. The topological polar surface area (TPSA) is 46.5 Å². The van der Waals surface area contributed by atoms with E-state index >= 15 is 0 Å². The van der Waals surface area contributed by atoms with Crippen LogP contribution in [0.5, 0.6) is 5.75 Å². The number of carboxylic acids is 1. The summed E-state index contributed by atoms with van der Waals surface area (Å²) in [4.78, 5) is 10.4. The summed E-state index contributed by atoms with van der Waals surface area (Å²) < 4.78 is 5.07. The van der Waals surface area contributed by atoms with E-state index in [-0.39, 0.29) is 6.42 Å². The number of allylic oxidation sites excluding steroid dienone is 1. The van der Waals surface area contributed by atoms with Gasteiger partial charge in [0.25, 0.3) is 0 Å². The van der Waals surface area contributed by atoms with E-state index in [4.69, 9.17) is 9.84 Å². The van der Waals surface area contributed by atoms with E-state index < -0.39 is 5.97 Å². The number of hydrogen-bond donors (Lipinski definition) is 1. The molecule has 80 valence electrons. The van der Waals surface area contributed by atoms with Gasteiger partial charge in [0.15, 0.2) is 0 Å². The zero-order valence-electron chi connectivity index (χ0n) is 8.69. The molecule has 0 radical (unpaired) electrons. The van der Waals surface area contributed by atoms with Crippen molar-refractivity contribution in [3.63, 3.8) is 0 Å². The Labute approximate surface area is 89.0 Å². The molecule has 1 rings (SSSR count). The van der Waals surface area contributed by atoms with Crippen molar-refractivity contribution < 1.29 is 14.6 Å². The van der Waals surface area contributed by atoms with E-state index in [0.717, 1.165) is 16.9 Å². The molecule has 0 aliphatic rings. The molecule has 0 fully saturated rings. The molecule has 1 N–H and O–H groups in total. The molecule has 0 aliphatic carbocycles. The van der Waals surface area contributed by atoms with Crippen molar-refractivity contribution in [3.05, 3.63) is 36.4 Å². The standard InChI is InChI=1S/C12H14O3/c1-9(6-7-12(13)14)10-4-3-5-11(8-10)15-2/h3-5,8H,1,6-7H2,2H3,(H,13,14). The average Bonchev–Trinajstić information content (AvgIpc) is 2.26. The van der Waals surface area contributed by atoms with Crippen molar-refractivity contribution in [2.75, 3.05) is 7.11 Å². The Bertz CT molecular complexity index is 369. The van der Waals surface area contributed by atoms with Crippen molar-refractivity contribution in [2.45, 2.75) is 12.8 Å². The molecule has 0 amide bonds. The second kappa shape index (κ2) is 5.20. The summed E-state index contributed by atoms with van der Waals surface area (Å²) in [5, 5.41) is 8.54. The predicted octanol–water partition coefficient (Wildman–Crippen LogP) is 2.57. The molecule has 0 saturated carbocycles. The lowest BCUT2D eigenvalue weighted by atomic mass is 10.0. The SMILES string of the molecule is C=C(CCC(=O)O)c1cccc(OC)c1. The van der Waals surface area contributed by atoms with E-state index in [0.29, 0.717) is 6.42 Å². The average molecular weight is 206 g/mol. The third-order valence-electron chi connectivity index (χ3n) is 2.12. The summed E-state index contributed by atoms with van der Waals surface area (Å²) in [5.74, 6) is -0.0528. The Hall–Kier alpha value is -1.77. The Morgan fingerprint density at radius 2 is 2.20 bits per heavy atom. The summed E-state index contributed by atoms with van der Waals surface area (Å²) in [6.07, 6.45) is 0.568. The normalized spacial score (nSPS) is 9.67. The maximum atomic E-state index is 10.4. The second-order valence-electron chi connectivity index (χ2n) is 3.23. The number of carboxylic acid groups (broad SMARTS) is 1. The van der Waals surface area contributed by atoms with Crippen molar-refractivity contribution in [1.29, 1.82) is 0 Å². The van der Waals surface area contributed by atoms with E-state index in [1.165, 1.54) is 0 Å². The lowest BCUT2D eigenvalue weighted by molar-refractivity contribution is -0.136. The van der Waals surface area contributed by atoms with Crippen LogP contribution in [-0.2, 0) is 4.79 Å². The highest BCUT2D eigenvalue weighted by molar-refractivity contribution is 5.72. The first-order valence-electron chi connectivity index (χ1n) is 4.67. The fourth-order valence-corrected chi connectivity index (χ4v) is 1.25. The lowest BCUT2D eigenvalue weighted by Crippen LogP contribution is -1.95. The molecule has 1 aromatic rings. The molecule has 15 heavy (non-hydrogen) atoms. The minimum Gasteiger partial charge on any atom is -0.497 e. The molecule has 0 spiro atoms. The van der Waals surface area contributed by atoms with Gasteiger partial charge in [-0.3, -0.25) is 4.79 Å². The van der Waals surface area contributed by atoms with Crippen LogP contribution >= 0.6 is 0 Å². The number of methoxy groups -OCH3 is 1. The van der Waals surface area contributed by atoms with Crippen LogP contribution in [0.15, 0.2) is 30.8 Å². The van der Waals surface area contributed by atoms with E-state index in [1.807, 2.05) is 24.3 Å². The van der Waals surface area contributed by atoms with E-state index in [9.17, 15) is 4.79 Å². The number of aliphatic carboxylic acids is 1. The van der Waals surface area contributed by atoms with Gasteiger partial charge in [0.05, 0.1) is 7.11 Å². The summed E-state index contributed by atoms with van der Waals surface area (Å²) in [6, 6.07) is 7.45. The molecular formula is C12H14O3. The van der Waals surface area contributed by atoms with Crippen LogP contribution in [0, 0.1) is 0 Å². The van der Waals surface area contributed by atoms with E-state index in [1.54, 1.807) is 7.11 Å². The first-order valence-corrected chi connectivity index (χ1v) is 4.67. The van der Waals surface area contributed by atoms with E-state index in [2.05, 4.69) is 6.58 Å². The summed E-state index contributed by atoms with van der Waals surface area (Å²) in [5.41, 5.74) is 1.74. The molecule has 0 aliphatic heterocycles. The number of rotatable bonds is 5. The molecule has 0 saturated heterocycles. The molecule has 0 unspecified atom stereocenters. The number of hydrogen-bond acceptors (Lipinski definition) is 2. The van der Waals surface area contributed by atoms with Gasteiger partial charge in [-0.05, 0) is 29.7 Å². The van der Waals surface area contributed by atoms with Crippen LogP contribution in [0.25, 0.3) is 5.57 Å². The maximum Gasteiger partial charge on any atom is 0.303 e. The second-order valence-corrected chi connectivity index (χ2v) is 3.23. The predicted molar refractivity (Wildman–Crippen MR) is 58.9 cm³/mol. The van der Waals surface area contributed by atoms with Crippen molar-refractivity contribution >= 4 is 11.5 Å². The molecule has 1 aromatic carbocycles. The quantitative estimate of drug-likeness (QED) is 0.805. The number of benzene rings is 1. The van der Waals surface area contributed by atoms with Gasteiger partial charge in [-0.25, -0.2) is 0 Å². The van der Waals surface area contributed by atoms with Crippen LogP contribution in [0.2, 0.25) is 0 Å². The zero-order chi connectivity index (χ0) is 11.3. The monoisotopic (exact) mass is 206 g/mol.